The number of para-hydroxylation sites is 1. The summed E-state index contributed by atoms with van der Waals surface area (Å²) in [6.07, 6.45) is 3.79. The molecule has 1 atom stereocenters. The number of benzene rings is 1. The van der Waals surface area contributed by atoms with E-state index in [1.807, 2.05) is 0 Å². The number of nitrogens with one attached hydrogen (secondary N) is 1. The van der Waals surface area contributed by atoms with Crippen molar-refractivity contribution in [3.05, 3.63) is 34.4 Å². The van der Waals surface area contributed by atoms with Crippen LogP contribution in [0.25, 0.3) is 10.9 Å². The standard InChI is InChI=1S/C13H14BrNO/c14-12-9-5-1-2-6-10(9)15-13(12)11-7-3-4-8-16-11/h1-2,5-6,11,15H,3-4,7-8H2. The van der Waals surface area contributed by atoms with Gasteiger partial charge < -0.3 is 9.72 Å². The lowest BCUT2D eigenvalue weighted by Gasteiger charge is -2.22. The molecular formula is C13H14BrNO. The van der Waals surface area contributed by atoms with Gasteiger partial charge in [-0.3, -0.25) is 0 Å². The Morgan fingerprint density at radius 1 is 1.25 bits per heavy atom. The molecule has 2 aromatic rings. The minimum atomic E-state index is 0.232. The molecule has 0 bridgehead atoms. The van der Waals surface area contributed by atoms with Gasteiger partial charge in [0.15, 0.2) is 0 Å². The zero-order chi connectivity index (χ0) is 11.0. The van der Waals surface area contributed by atoms with Gasteiger partial charge in [-0.05, 0) is 41.3 Å². The lowest BCUT2D eigenvalue weighted by molar-refractivity contribution is 0.0123. The minimum Gasteiger partial charge on any atom is -0.372 e. The van der Waals surface area contributed by atoms with Gasteiger partial charge in [0.05, 0.1) is 11.8 Å². The van der Waals surface area contributed by atoms with E-state index in [-0.39, 0.29) is 6.10 Å². The third-order valence-electron chi connectivity index (χ3n) is 3.17. The van der Waals surface area contributed by atoms with E-state index in [1.54, 1.807) is 0 Å². The van der Waals surface area contributed by atoms with Gasteiger partial charge in [0, 0.05) is 22.0 Å². The van der Waals surface area contributed by atoms with Crippen molar-refractivity contribution in [1.29, 1.82) is 0 Å². The average molecular weight is 280 g/mol. The largest absolute Gasteiger partial charge is 0.372 e. The van der Waals surface area contributed by atoms with E-state index in [1.165, 1.54) is 29.4 Å². The molecule has 84 valence electrons. The van der Waals surface area contributed by atoms with E-state index in [2.05, 4.69) is 45.2 Å². The summed E-state index contributed by atoms with van der Waals surface area (Å²) in [7, 11) is 0. The SMILES string of the molecule is Brc1c(C2CCCCO2)[nH]c2ccccc12. The predicted octanol–water partition coefficient (Wildman–Crippen LogP) is 4.17. The van der Waals surface area contributed by atoms with Crippen LogP contribution in [0.3, 0.4) is 0 Å². The zero-order valence-electron chi connectivity index (χ0n) is 9.00. The number of hydrogen-bond acceptors (Lipinski definition) is 1. The maximum Gasteiger partial charge on any atom is 0.0984 e. The first-order valence-corrected chi connectivity index (χ1v) is 6.53. The van der Waals surface area contributed by atoms with Gasteiger partial charge >= 0.3 is 0 Å². The van der Waals surface area contributed by atoms with Crippen molar-refractivity contribution in [3.63, 3.8) is 0 Å². The van der Waals surface area contributed by atoms with Crippen molar-refractivity contribution in [2.24, 2.45) is 0 Å². The highest BCUT2D eigenvalue weighted by atomic mass is 79.9. The molecule has 1 aromatic heterocycles. The van der Waals surface area contributed by atoms with Crippen molar-refractivity contribution in [2.75, 3.05) is 6.61 Å². The Kier molecular flexibility index (Phi) is 2.74. The summed E-state index contributed by atoms with van der Waals surface area (Å²) < 4.78 is 6.98. The molecule has 1 fully saturated rings. The predicted molar refractivity (Wildman–Crippen MR) is 68.5 cm³/mol. The van der Waals surface area contributed by atoms with Gasteiger partial charge in [0.1, 0.15) is 0 Å². The molecule has 0 saturated carbocycles. The fraction of sp³-hybridized carbons (Fsp3) is 0.385. The number of H-pyrrole nitrogens is 1. The summed E-state index contributed by atoms with van der Waals surface area (Å²) >= 11 is 3.68. The van der Waals surface area contributed by atoms with Crippen LogP contribution >= 0.6 is 15.9 Å². The topological polar surface area (TPSA) is 25.0 Å². The number of ether oxygens (including phenoxy) is 1. The Balaban J connectivity index is 2.05. The van der Waals surface area contributed by atoms with E-state index >= 15 is 0 Å². The third-order valence-corrected chi connectivity index (χ3v) is 4.03. The van der Waals surface area contributed by atoms with Crippen LogP contribution in [-0.4, -0.2) is 11.6 Å². The summed E-state index contributed by atoms with van der Waals surface area (Å²) in [5.41, 5.74) is 2.37. The van der Waals surface area contributed by atoms with Gasteiger partial charge in [-0.2, -0.15) is 0 Å². The second-order valence-corrected chi connectivity index (χ2v) is 5.05. The van der Waals surface area contributed by atoms with E-state index in [9.17, 15) is 0 Å². The van der Waals surface area contributed by atoms with Crippen molar-refractivity contribution in [1.82, 2.24) is 4.98 Å². The molecule has 1 N–H and O–H groups in total. The van der Waals surface area contributed by atoms with Crippen LogP contribution in [-0.2, 0) is 4.74 Å². The number of rotatable bonds is 1. The van der Waals surface area contributed by atoms with Crippen molar-refractivity contribution in [2.45, 2.75) is 25.4 Å². The van der Waals surface area contributed by atoms with Crippen LogP contribution in [0, 0.1) is 0 Å². The molecule has 16 heavy (non-hydrogen) atoms. The second kappa shape index (κ2) is 4.22. The smallest absolute Gasteiger partial charge is 0.0984 e. The molecule has 1 aliphatic rings. The highest BCUT2D eigenvalue weighted by Crippen LogP contribution is 2.36. The Morgan fingerprint density at radius 3 is 2.88 bits per heavy atom. The molecule has 0 aliphatic carbocycles. The molecule has 2 heterocycles. The first-order valence-electron chi connectivity index (χ1n) is 5.74. The molecule has 3 rings (SSSR count). The van der Waals surface area contributed by atoms with E-state index < -0.39 is 0 Å². The van der Waals surface area contributed by atoms with Gasteiger partial charge in [-0.1, -0.05) is 18.2 Å². The van der Waals surface area contributed by atoms with E-state index in [4.69, 9.17) is 4.74 Å². The number of aromatic nitrogens is 1. The number of hydrogen-bond donors (Lipinski definition) is 1. The Morgan fingerprint density at radius 2 is 2.12 bits per heavy atom. The molecule has 1 aromatic carbocycles. The Labute approximate surface area is 103 Å². The molecule has 0 amide bonds. The second-order valence-electron chi connectivity index (χ2n) is 4.25. The number of halogens is 1. The normalized spacial score (nSPS) is 21.4. The van der Waals surface area contributed by atoms with Gasteiger partial charge in [0.2, 0.25) is 0 Å². The highest BCUT2D eigenvalue weighted by Gasteiger charge is 2.21. The first-order chi connectivity index (χ1) is 7.86. The number of aromatic amines is 1. The van der Waals surface area contributed by atoms with Crippen LogP contribution in [0.2, 0.25) is 0 Å². The lowest BCUT2D eigenvalue weighted by atomic mass is 10.1. The lowest BCUT2D eigenvalue weighted by Crippen LogP contribution is -2.12. The fourth-order valence-electron chi connectivity index (χ4n) is 2.32. The summed E-state index contributed by atoms with van der Waals surface area (Å²) in [4.78, 5) is 3.46. The van der Waals surface area contributed by atoms with E-state index in [0.29, 0.717) is 0 Å². The minimum absolute atomic E-state index is 0.232. The fourth-order valence-corrected chi connectivity index (χ4v) is 3.02. The maximum atomic E-state index is 5.81. The average Bonchev–Trinajstić information content (AvgIpc) is 2.69. The van der Waals surface area contributed by atoms with Crippen LogP contribution in [0.15, 0.2) is 28.7 Å². The Bertz CT molecular complexity index is 500. The molecule has 1 unspecified atom stereocenters. The Hall–Kier alpha value is -0.800. The van der Waals surface area contributed by atoms with Crippen molar-refractivity contribution >= 4 is 26.8 Å². The molecule has 3 heteroatoms. The monoisotopic (exact) mass is 279 g/mol. The zero-order valence-corrected chi connectivity index (χ0v) is 10.6. The molecule has 2 nitrogen and oxygen atoms in total. The maximum absolute atomic E-state index is 5.81. The molecular weight excluding hydrogens is 266 g/mol. The molecule has 0 spiro atoms. The highest BCUT2D eigenvalue weighted by molar-refractivity contribution is 9.10. The van der Waals surface area contributed by atoms with Crippen molar-refractivity contribution in [3.8, 4) is 0 Å². The van der Waals surface area contributed by atoms with Gasteiger partial charge in [0.25, 0.3) is 0 Å². The summed E-state index contributed by atoms with van der Waals surface area (Å²) in [6.45, 7) is 0.881. The quantitative estimate of drug-likeness (QED) is 0.833. The van der Waals surface area contributed by atoms with Crippen LogP contribution in [0.1, 0.15) is 31.1 Å². The van der Waals surface area contributed by atoms with Crippen molar-refractivity contribution < 1.29 is 4.74 Å². The first kappa shape index (κ1) is 10.4. The molecule has 1 aliphatic heterocycles. The summed E-state index contributed by atoms with van der Waals surface area (Å²) in [5.74, 6) is 0. The van der Waals surface area contributed by atoms with E-state index in [0.717, 1.165) is 17.5 Å². The van der Waals surface area contributed by atoms with Gasteiger partial charge in [-0.25, -0.2) is 0 Å². The van der Waals surface area contributed by atoms with Gasteiger partial charge in [-0.15, -0.1) is 0 Å². The van der Waals surface area contributed by atoms with Crippen LogP contribution in [0.5, 0.6) is 0 Å². The molecule has 1 saturated heterocycles. The summed E-state index contributed by atoms with van der Waals surface area (Å²) in [5, 5.41) is 1.24. The third kappa shape index (κ3) is 1.68. The molecule has 0 radical (unpaired) electrons. The summed E-state index contributed by atoms with van der Waals surface area (Å²) in [6, 6.07) is 8.35. The number of fused-ring (bicyclic) bond motifs is 1. The van der Waals surface area contributed by atoms with Crippen LogP contribution in [0.4, 0.5) is 0 Å². The van der Waals surface area contributed by atoms with Crippen LogP contribution < -0.4 is 0 Å².